The number of para-hydroxylation sites is 1. The molecular formula is C10H9N3O2S2. The van der Waals surface area contributed by atoms with Gasteiger partial charge in [0.1, 0.15) is 0 Å². The number of nitrogens with two attached hydrogens (primary N) is 1. The monoisotopic (exact) mass is 267 g/mol. The second-order valence-electron chi connectivity index (χ2n) is 3.19. The van der Waals surface area contributed by atoms with Crippen molar-refractivity contribution in [3.8, 4) is 0 Å². The molecule has 1 aromatic heterocycles. The summed E-state index contributed by atoms with van der Waals surface area (Å²) in [5.74, 6) is 0.582. The van der Waals surface area contributed by atoms with Crippen molar-refractivity contribution in [3.63, 3.8) is 0 Å². The van der Waals surface area contributed by atoms with Gasteiger partial charge in [0.25, 0.3) is 5.69 Å². The van der Waals surface area contributed by atoms with Gasteiger partial charge in [0.2, 0.25) is 0 Å². The summed E-state index contributed by atoms with van der Waals surface area (Å²) in [5, 5.41) is 13.2. The number of nitrogen functional groups attached to an aromatic ring is 1. The summed E-state index contributed by atoms with van der Waals surface area (Å²) in [6.07, 6.45) is 0. The number of anilines is 1. The van der Waals surface area contributed by atoms with Crippen molar-refractivity contribution in [2.75, 3.05) is 5.73 Å². The summed E-state index contributed by atoms with van der Waals surface area (Å²) in [6, 6.07) is 6.67. The Balaban J connectivity index is 2.11. The first kappa shape index (κ1) is 11.9. The minimum Gasteiger partial charge on any atom is -0.375 e. The van der Waals surface area contributed by atoms with Crippen molar-refractivity contribution in [2.24, 2.45) is 0 Å². The fraction of sp³-hybridized carbons (Fsp3) is 0.100. The molecule has 0 fully saturated rings. The summed E-state index contributed by atoms with van der Waals surface area (Å²) in [5.41, 5.74) is 6.48. The van der Waals surface area contributed by atoms with Crippen LogP contribution in [0.2, 0.25) is 0 Å². The first-order valence-corrected chi connectivity index (χ1v) is 6.59. The molecule has 1 aromatic carbocycles. The highest BCUT2D eigenvalue weighted by atomic mass is 32.2. The molecule has 88 valence electrons. The lowest BCUT2D eigenvalue weighted by Gasteiger charge is -2.00. The van der Waals surface area contributed by atoms with E-state index in [1.165, 1.54) is 29.2 Å². The number of nitro groups is 1. The Labute approximate surface area is 106 Å². The topological polar surface area (TPSA) is 82.0 Å². The molecule has 0 radical (unpaired) electrons. The normalized spacial score (nSPS) is 10.4. The van der Waals surface area contributed by atoms with Crippen LogP contribution in [-0.4, -0.2) is 9.91 Å². The molecule has 0 aliphatic carbocycles. The third-order valence-electron chi connectivity index (χ3n) is 2.01. The van der Waals surface area contributed by atoms with E-state index in [0.717, 1.165) is 5.69 Å². The van der Waals surface area contributed by atoms with Crippen LogP contribution in [0.3, 0.4) is 0 Å². The Morgan fingerprint density at radius 1 is 1.47 bits per heavy atom. The average Bonchev–Trinajstić information content (AvgIpc) is 2.73. The summed E-state index contributed by atoms with van der Waals surface area (Å²) < 4.78 is 0. The van der Waals surface area contributed by atoms with Crippen LogP contribution in [0.1, 0.15) is 5.69 Å². The molecular weight excluding hydrogens is 258 g/mol. The van der Waals surface area contributed by atoms with Gasteiger partial charge in [-0.1, -0.05) is 12.1 Å². The number of aromatic nitrogens is 1. The number of nitrogens with zero attached hydrogens (tertiary/aromatic N) is 2. The van der Waals surface area contributed by atoms with Crippen LogP contribution in [0.15, 0.2) is 34.5 Å². The van der Waals surface area contributed by atoms with Crippen molar-refractivity contribution >= 4 is 33.9 Å². The van der Waals surface area contributed by atoms with Gasteiger partial charge < -0.3 is 5.73 Å². The van der Waals surface area contributed by atoms with Crippen LogP contribution in [0.25, 0.3) is 0 Å². The molecule has 0 aliphatic rings. The van der Waals surface area contributed by atoms with Gasteiger partial charge in [0, 0.05) is 17.2 Å². The fourth-order valence-corrected chi connectivity index (χ4v) is 2.86. The van der Waals surface area contributed by atoms with Crippen LogP contribution in [0, 0.1) is 10.1 Å². The number of thioether (sulfide) groups is 1. The van der Waals surface area contributed by atoms with Gasteiger partial charge in [0.15, 0.2) is 5.13 Å². The maximum absolute atomic E-state index is 10.8. The van der Waals surface area contributed by atoms with Crippen LogP contribution >= 0.6 is 23.1 Å². The van der Waals surface area contributed by atoms with E-state index < -0.39 is 0 Å². The minimum atomic E-state index is -0.377. The largest absolute Gasteiger partial charge is 0.375 e. The van der Waals surface area contributed by atoms with Gasteiger partial charge in [-0.2, -0.15) is 0 Å². The molecule has 2 aromatic rings. The molecule has 2 N–H and O–H groups in total. The Bertz CT molecular complexity index is 542. The second kappa shape index (κ2) is 5.15. The molecule has 0 unspecified atom stereocenters. The van der Waals surface area contributed by atoms with E-state index >= 15 is 0 Å². The van der Waals surface area contributed by atoms with Gasteiger partial charge in [0.05, 0.1) is 15.5 Å². The van der Waals surface area contributed by atoms with Gasteiger partial charge in [-0.15, -0.1) is 23.1 Å². The van der Waals surface area contributed by atoms with E-state index in [-0.39, 0.29) is 10.6 Å². The fourth-order valence-electron chi connectivity index (χ4n) is 1.27. The molecule has 1 heterocycles. The molecule has 0 spiro atoms. The highest BCUT2D eigenvalue weighted by Crippen LogP contribution is 2.31. The van der Waals surface area contributed by atoms with Gasteiger partial charge in [-0.25, -0.2) is 4.98 Å². The smallest absolute Gasteiger partial charge is 0.282 e. The molecule has 17 heavy (non-hydrogen) atoms. The van der Waals surface area contributed by atoms with E-state index in [9.17, 15) is 10.1 Å². The number of thiazole rings is 1. The van der Waals surface area contributed by atoms with Crippen LogP contribution in [0.4, 0.5) is 10.8 Å². The standard InChI is InChI=1S/C10H9N3O2S2/c11-10-12-7(6-17-10)5-16-9-4-2-1-3-8(9)13(14)15/h1-4,6H,5H2,(H2,11,12). The quantitative estimate of drug-likeness (QED) is 0.523. The molecule has 0 amide bonds. The lowest BCUT2D eigenvalue weighted by atomic mass is 10.3. The first-order valence-electron chi connectivity index (χ1n) is 4.73. The van der Waals surface area contributed by atoms with Crippen molar-refractivity contribution < 1.29 is 4.92 Å². The predicted octanol–water partition coefficient (Wildman–Crippen LogP) is 2.93. The Hall–Kier alpha value is -1.60. The molecule has 0 aliphatic heterocycles. The first-order chi connectivity index (χ1) is 8.16. The zero-order valence-electron chi connectivity index (χ0n) is 8.70. The summed E-state index contributed by atoms with van der Waals surface area (Å²) in [4.78, 5) is 15.2. The number of hydrogen-bond donors (Lipinski definition) is 1. The van der Waals surface area contributed by atoms with Crippen LogP contribution in [0.5, 0.6) is 0 Å². The molecule has 5 nitrogen and oxygen atoms in total. The molecule has 0 atom stereocenters. The van der Waals surface area contributed by atoms with Crippen molar-refractivity contribution in [1.29, 1.82) is 0 Å². The maximum atomic E-state index is 10.8. The SMILES string of the molecule is Nc1nc(CSc2ccccc2[N+](=O)[O-])cs1. The number of hydrogen-bond acceptors (Lipinski definition) is 6. The van der Waals surface area contributed by atoms with E-state index in [1.54, 1.807) is 18.2 Å². The lowest BCUT2D eigenvalue weighted by Crippen LogP contribution is -1.91. The van der Waals surface area contributed by atoms with Gasteiger partial charge in [-0.05, 0) is 6.07 Å². The summed E-state index contributed by atoms with van der Waals surface area (Å²) in [7, 11) is 0. The highest BCUT2D eigenvalue weighted by molar-refractivity contribution is 7.98. The van der Waals surface area contributed by atoms with Crippen molar-refractivity contribution in [3.05, 3.63) is 45.5 Å². The van der Waals surface area contributed by atoms with Crippen LogP contribution in [-0.2, 0) is 5.75 Å². The Kier molecular flexibility index (Phi) is 3.60. The summed E-state index contributed by atoms with van der Waals surface area (Å²) >= 11 is 2.76. The molecule has 0 saturated heterocycles. The van der Waals surface area contributed by atoms with Gasteiger partial charge in [-0.3, -0.25) is 10.1 Å². The molecule has 0 saturated carbocycles. The zero-order valence-corrected chi connectivity index (χ0v) is 10.3. The predicted molar refractivity (Wildman–Crippen MR) is 69.2 cm³/mol. The van der Waals surface area contributed by atoms with E-state index in [1.807, 2.05) is 5.38 Å². The molecule has 2 rings (SSSR count). The van der Waals surface area contributed by atoms with E-state index in [4.69, 9.17) is 5.73 Å². The lowest BCUT2D eigenvalue weighted by molar-refractivity contribution is -0.387. The second-order valence-corrected chi connectivity index (χ2v) is 5.10. The zero-order chi connectivity index (χ0) is 12.3. The van der Waals surface area contributed by atoms with Crippen molar-refractivity contribution in [1.82, 2.24) is 4.98 Å². The maximum Gasteiger partial charge on any atom is 0.282 e. The minimum absolute atomic E-state index is 0.126. The third-order valence-corrected chi connectivity index (χ3v) is 3.83. The highest BCUT2D eigenvalue weighted by Gasteiger charge is 2.13. The van der Waals surface area contributed by atoms with Crippen LogP contribution < -0.4 is 5.73 Å². The third kappa shape index (κ3) is 2.95. The Morgan fingerprint density at radius 3 is 2.88 bits per heavy atom. The van der Waals surface area contributed by atoms with E-state index in [2.05, 4.69) is 4.98 Å². The number of benzene rings is 1. The number of nitro benzene ring substituents is 1. The number of rotatable bonds is 4. The van der Waals surface area contributed by atoms with Crippen molar-refractivity contribution in [2.45, 2.75) is 10.6 Å². The average molecular weight is 267 g/mol. The molecule has 7 heteroatoms. The van der Waals surface area contributed by atoms with E-state index in [0.29, 0.717) is 15.8 Å². The summed E-state index contributed by atoms with van der Waals surface area (Å²) in [6.45, 7) is 0. The van der Waals surface area contributed by atoms with Gasteiger partial charge >= 0.3 is 0 Å². The molecule has 0 bridgehead atoms. The Morgan fingerprint density at radius 2 is 2.24 bits per heavy atom.